The van der Waals surface area contributed by atoms with Crippen LogP contribution in [-0.4, -0.2) is 30.5 Å². The quantitative estimate of drug-likeness (QED) is 0.491. The summed E-state index contributed by atoms with van der Waals surface area (Å²) in [5.74, 6) is -1.20. The minimum atomic E-state index is -1.02. The van der Waals surface area contributed by atoms with Crippen LogP contribution in [0.5, 0.6) is 0 Å². The number of halogens is 1. The van der Waals surface area contributed by atoms with Crippen LogP contribution in [0.25, 0.3) is 0 Å². The van der Waals surface area contributed by atoms with E-state index in [1.54, 1.807) is 6.92 Å². The maximum atomic E-state index is 10.9. The van der Waals surface area contributed by atoms with Gasteiger partial charge < -0.3 is 9.47 Å². The summed E-state index contributed by atoms with van der Waals surface area (Å²) in [6.07, 6.45) is -1.02. The molecule has 0 unspecified atom stereocenters. The van der Waals surface area contributed by atoms with E-state index in [0.717, 1.165) is 0 Å². The van der Waals surface area contributed by atoms with Gasteiger partial charge in [-0.15, -0.1) is 11.6 Å². The molecule has 0 aromatic carbocycles. The molecule has 0 saturated carbocycles. The van der Waals surface area contributed by atoms with Crippen molar-refractivity contribution in [3.63, 3.8) is 0 Å². The first-order valence-corrected chi connectivity index (χ1v) is 3.81. The third-order valence-corrected chi connectivity index (χ3v) is 1.37. The number of alkyl halides is 1. The number of rotatable bonds is 3. The molecule has 4 nitrogen and oxygen atoms in total. The second-order valence-corrected chi connectivity index (χ2v) is 2.92. The molecule has 0 rings (SSSR count). The number of methoxy groups -OCH3 is 1. The van der Waals surface area contributed by atoms with E-state index in [1.807, 2.05) is 0 Å². The van der Waals surface area contributed by atoms with Gasteiger partial charge in [0.15, 0.2) is 0 Å². The summed E-state index contributed by atoms with van der Waals surface area (Å²) in [5, 5.41) is -0.596. The Labute approximate surface area is 75.8 Å². The largest absolute Gasteiger partial charge is 0.466 e. The lowest BCUT2D eigenvalue weighted by Crippen LogP contribution is -2.34. The van der Waals surface area contributed by atoms with Crippen molar-refractivity contribution in [3.8, 4) is 0 Å². The molecule has 0 radical (unpaired) electrons. The molecule has 0 bridgehead atoms. The SMILES string of the molecule is COC(=O)[C@@H](OC(C)=O)[C@H](C)Cl. The van der Waals surface area contributed by atoms with Crippen molar-refractivity contribution in [3.05, 3.63) is 0 Å². The van der Waals surface area contributed by atoms with Crippen LogP contribution in [0.1, 0.15) is 13.8 Å². The Balaban J connectivity index is 4.23. The highest BCUT2D eigenvalue weighted by Gasteiger charge is 2.27. The molecular weight excluding hydrogens is 184 g/mol. The molecule has 0 aliphatic heterocycles. The van der Waals surface area contributed by atoms with Crippen LogP contribution in [-0.2, 0) is 19.1 Å². The first kappa shape index (κ1) is 11.2. The summed E-state index contributed by atoms with van der Waals surface area (Å²) in [4.78, 5) is 21.4. The summed E-state index contributed by atoms with van der Waals surface area (Å²) < 4.78 is 8.99. The van der Waals surface area contributed by atoms with Crippen molar-refractivity contribution >= 4 is 23.5 Å². The third kappa shape index (κ3) is 3.57. The van der Waals surface area contributed by atoms with E-state index in [2.05, 4.69) is 9.47 Å². The van der Waals surface area contributed by atoms with Gasteiger partial charge in [0.1, 0.15) is 0 Å². The van der Waals surface area contributed by atoms with Crippen LogP contribution in [0, 0.1) is 0 Å². The van der Waals surface area contributed by atoms with Crippen LogP contribution in [0.2, 0.25) is 0 Å². The highest BCUT2D eigenvalue weighted by molar-refractivity contribution is 6.22. The van der Waals surface area contributed by atoms with Gasteiger partial charge in [-0.1, -0.05) is 0 Å². The lowest BCUT2D eigenvalue weighted by molar-refractivity contribution is -0.164. The second kappa shape index (κ2) is 4.98. The molecule has 0 spiro atoms. The number of ether oxygens (including phenoxy) is 2. The van der Waals surface area contributed by atoms with Gasteiger partial charge in [0.05, 0.1) is 12.5 Å². The van der Waals surface area contributed by atoms with Crippen LogP contribution in [0.3, 0.4) is 0 Å². The molecule has 0 aliphatic carbocycles. The van der Waals surface area contributed by atoms with Gasteiger partial charge in [-0.3, -0.25) is 4.79 Å². The molecule has 0 saturated heterocycles. The fourth-order valence-corrected chi connectivity index (χ4v) is 0.779. The van der Waals surface area contributed by atoms with E-state index >= 15 is 0 Å². The Morgan fingerprint density at radius 3 is 2.17 bits per heavy atom. The predicted molar refractivity (Wildman–Crippen MR) is 42.9 cm³/mol. The standard InChI is InChI=1S/C7H11ClO4/c1-4(8)6(7(10)11-3)12-5(2)9/h4,6H,1-3H3/t4-,6-/m0/s1. The van der Waals surface area contributed by atoms with Gasteiger partial charge in [0.25, 0.3) is 0 Å². The summed E-state index contributed by atoms with van der Waals surface area (Å²) in [6, 6.07) is 0. The second-order valence-electron chi connectivity index (χ2n) is 2.23. The zero-order chi connectivity index (χ0) is 9.72. The van der Waals surface area contributed by atoms with Crippen molar-refractivity contribution in [2.24, 2.45) is 0 Å². The number of carbonyl (C=O) groups is 2. The normalized spacial score (nSPS) is 14.7. The van der Waals surface area contributed by atoms with E-state index in [9.17, 15) is 9.59 Å². The molecule has 0 fully saturated rings. The third-order valence-electron chi connectivity index (χ3n) is 1.14. The van der Waals surface area contributed by atoms with Crippen molar-refractivity contribution in [2.75, 3.05) is 7.11 Å². The fourth-order valence-electron chi connectivity index (χ4n) is 0.624. The van der Waals surface area contributed by atoms with Crippen molar-refractivity contribution in [1.29, 1.82) is 0 Å². The lowest BCUT2D eigenvalue weighted by Gasteiger charge is -2.15. The van der Waals surface area contributed by atoms with Crippen molar-refractivity contribution in [1.82, 2.24) is 0 Å². The van der Waals surface area contributed by atoms with E-state index < -0.39 is 23.4 Å². The first-order chi connectivity index (χ1) is 5.49. The van der Waals surface area contributed by atoms with Gasteiger partial charge in [-0.05, 0) is 6.92 Å². The predicted octanol–water partition coefficient (Wildman–Crippen LogP) is 0.718. The Hall–Kier alpha value is -0.770. The molecule has 0 aromatic rings. The summed E-state index contributed by atoms with van der Waals surface area (Å²) in [6.45, 7) is 2.75. The first-order valence-electron chi connectivity index (χ1n) is 3.38. The van der Waals surface area contributed by atoms with E-state index in [1.165, 1.54) is 14.0 Å². The molecule has 0 aromatic heterocycles. The minimum Gasteiger partial charge on any atom is -0.466 e. The molecule has 2 atom stereocenters. The van der Waals surface area contributed by atoms with Crippen molar-refractivity contribution in [2.45, 2.75) is 25.3 Å². The summed E-state index contributed by atoms with van der Waals surface area (Å²) >= 11 is 5.58. The maximum absolute atomic E-state index is 10.9. The highest BCUT2D eigenvalue weighted by Crippen LogP contribution is 2.08. The molecule has 0 amide bonds. The van der Waals surface area contributed by atoms with Crippen LogP contribution in [0.15, 0.2) is 0 Å². The van der Waals surface area contributed by atoms with Crippen LogP contribution in [0.4, 0.5) is 0 Å². The van der Waals surface area contributed by atoms with E-state index in [-0.39, 0.29) is 0 Å². The zero-order valence-electron chi connectivity index (χ0n) is 7.17. The van der Waals surface area contributed by atoms with Gasteiger partial charge in [0, 0.05) is 6.92 Å². The molecule has 0 N–H and O–H groups in total. The number of hydrogen-bond acceptors (Lipinski definition) is 4. The summed E-state index contributed by atoms with van der Waals surface area (Å²) in [7, 11) is 1.21. The molecule has 0 heterocycles. The van der Waals surface area contributed by atoms with Crippen LogP contribution < -0.4 is 0 Å². The van der Waals surface area contributed by atoms with E-state index in [0.29, 0.717) is 0 Å². The molecular formula is C7H11ClO4. The summed E-state index contributed by atoms with van der Waals surface area (Å²) in [5.41, 5.74) is 0. The van der Waals surface area contributed by atoms with Gasteiger partial charge in [-0.2, -0.15) is 0 Å². The highest BCUT2D eigenvalue weighted by atomic mass is 35.5. The maximum Gasteiger partial charge on any atom is 0.348 e. The Morgan fingerprint density at radius 2 is 1.92 bits per heavy atom. The van der Waals surface area contributed by atoms with Gasteiger partial charge >= 0.3 is 11.9 Å². The monoisotopic (exact) mass is 194 g/mol. The Kier molecular flexibility index (Phi) is 4.66. The molecule has 0 aliphatic rings. The number of hydrogen-bond donors (Lipinski definition) is 0. The number of carbonyl (C=O) groups excluding carboxylic acids is 2. The zero-order valence-corrected chi connectivity index (χ0v) is 7.92. The lowest BCUT2D eigenvalue weighted by atomic mass is 10.3. The Bertz CT molecular complexity index is 178. The average Bonchev–Trinajstić information content (AvgIpc) is 1.98. The smallest absolute Gasteiger partial charge is 0.348 e. The average molecular weight is 195 g/mol. The fraction of sp³-hybridized carbons (Fsp3) is 0.714. The van der Waals surface area contributed by atoms with Crippen LogP contribution >= 0.6 is 11.6 Å². The Morgan fingerprint density at radius 1 is 1.42 bits per heavy atom. The molecule has 70 valence electrons. The van der Waals surface area contributed by atoms with Gasteiger partial charge in [-0.25, -0.2) is 4.79 Å². The molecule has 5 heteroatoms. The minimum absolute atomic E-state index is 0.557. The van der Waals surface area contributed by atoms with Crippen molar-refractivity contribution < 1.29 is 19.1 Å². The van der Waals surface area contributed by atoms with Gasteiger partial charge in [0.2, 0.25) is 6.10 Å². The number of esters is 2. The van der Waals surface area contributed by atoms with E-state index in [4.69, 9.17) is 11.6 Å². The molecule has 12 heavy (non-hydrogen) atoms. The topological polar surface area (TPSA) is 52.6 Å².